The van der Waals surface area contributed by atoms with E-state index in [1.165, 1.54) is 18.5 Å². The van der Waals surface area contributed by atoms with Crippen LogP contribution in [-0.2, 0) is 9.59 Å². The van der Waals surface area contributed by atoms with Gasteiger partial charge in [-0.1, -0.05) is 18.2 Å². The highest BCUT2D eigenvalue weighted by molar-refractivity contribution is 6.03. The predicted molar refractivity (Wildman–Crippen MR) is 141 cm³/mol. The third-order valence-electron chi connectivity index (χ3n) is 7.01. The fraction of sp³-hybridized carbons (Fsp3) is 0.286. The molecule has 182 valence electrons. The van der Waals surface area contributed by atoms with E-state index >= 15 is 0 Å². The lowest BCUT2D eigenvalue weighted by atomic mass is 10.1. The molecule has 8 nitrogen and oxygen atoms in total. The number of para-hydroxylation sites is 1. The van der Waals surface area contributed by atoms with Crippen molar-refractivity contribution in [1.82, 2.24) is 14.8 Å². The molecule has 4 aromatic rings. The number of aromatic nitrogens is 3. The van der Waals surface area contributed by atoms with Gasteiger partial charge >= 0.3 is 0 Å². The number of carbonyl (C=O) groups is 2. The molecule has 2 saturated heterocycles. The number of nitrogens with one attached hydrogen (secondary N) is 1. The van der Waals surface area contributed by atoms with Crippen LogP contribution in [0.5, 0.6) is 0 Å². The summed E-state index contributed by atoms with van der Waals surface area (Å²) in [5, 5.41) is 8.57. The van der Waals surface area contributed by atoms with Gasteiger partial charge in [0.15, 0.2) is 5.82 Å². The molecule has 0 spiro atoms. The number of amides is 2. The van der Waals surface area contributed by atoms with Gasteiger partial charge in [0.2, 0.25) is 11.8 Å². The van der Waals surface area contributed by atoms with Crippen molar-refractivity contribution < 1.29 is 9.59 Å². The molecule has 0 bridgehead atoms. The number of hydrogen-bond acceptors (Lipinski definition) is 5. The van der Waals surface area contributed by atoms with E-state index in [0.29, 0.717) is 18.2 Å². The summed E-state index contributed by atoms with van der Waals surface area (Å²) in [6, 6.07) is 21.7. The molecule has 1 unspecified atom stereocenters. The summed E-state index contributed by atoms with van der Waals surface area (Å²) in [5.74, 6) is 0.496. The molecule has 2 aliphatic rings. The first-order valence-corrected chi connectivity index (χ1v) is 12.4. The Kier molecular flexibility index (Phi) is 5.64. The molecule has 6 rings (SSSR count). The van der Waals surface area contributed by atoms with Crippen molar-refractivity contribution >= 4 is 39.9 Å². The minimum atomic E-state index is -0.441. The van der Waals surface area contributed by atoms with Crippen molar-refractivity contribution in [3.05, 3.63) is 72.4 Å². The largest absolute Gasteiger partial charge is 0.372 e. The molecule has 2 aliphatic heterocycles. The number of nitrogens with zero attached hydrogens (tertiary/aromatic N) is 5. The van der Waals surface area contributed by atoms with Crippen LogP contribution in [0.4, 0.5) is 17.2 Å². The zero-order valence-corrected chi connectivity index (χ0v) is 20.2. The summed E-state index contributed by atoms with van der Waals surface area (Å²) < 4.78 is 1.64. The molecule has 36 heavy (non-hydrogen) atoms. The predicted octanol–water partition coefficient (Wildman–Crippen LogP) is 4.32. The summed E-state index contributed by atoms with van der Waals surface area (Å²) in [6.07, 6.45) is 2.62. The molecular formula is C28H28N6O2. The maximum absolute atomic E-state index is 13.2. The van der Waals surface area contributed by atoms with Crippen LogP contribution in [0, 0.1) is 12.8 Å². The van der Waals surface area contributed by atoms with E-state index in [1.54, 1.807) is 9.58 Å². The molecule has 2 aromatic heterocycles. The SMILES string of the molecule is Cc1cc(NC(=O)C2CC(=O)N(c3ccc(N4CCCC4)cc3)C2)n(-c2ccc3ccccc3n2)n1. The van der Waals surface area contributed by atoms with Gasteiger partial charge in [0.1, 0.15) is 5.82 Å². The molecule has 0 radical (unpaired) electrons. The van der Waals surface area contributed by atoms with E-state index in [4.69, 9.17) is 4.98 Å². The molecule has 0 saturated carbocycles. The Morgan fingerprint density at radius 2 is 1.72 bits per heavy atom. The molecule has 2 aromatic carbocycles. The van der Waals surface area contributed by atoms with Crippen LogP contribution in [0.3, 0.4) is 0 Å². The van der Waals surface area contributed by atoms with Gasteiger partial charge in [-0.05, 0) is 62.2 Å². The highest BCUT2D eigenvalue weighted by Gasteiger charge is 2.35. The molecule has 2 fully saturated rings. The van der Waals surface area contributed by atoms with E-state index in [1.807, 2.05) is 61.5 Å². The highest BCUT2D eigenvalue weighted by atomic mass is 16.2. The Labute approximate surface area is 209 Å². The molecule has 1 N–H and O–H groups in total. The van der Waals surface area contributed by atoms with Crippen LogP contribution in [0.15, 0.2) is 66.7 Å². The average molecular weight is 481 g/mol. The van der Waals surface area contributed by atoms with Crippen LogP contribution in [0.2, 0.25) is 0 Å². The summed E-state index contributed by atoms with van der Waals surface area (Å²) in [4.78, 5) is 34.8. The standard InChI is InChI=1S/C28H28N6O2/c1-19-16-26(34(31-19)25-13-8-20-6-2-3-7-24(20)29-25)30-28(36)21-17-27(35)33(18-21)23-11-9-22(10-12-23)32-14-4-5-15-32/h2-3,6-13,16,21H,4-5,14-15,17-18H2,1H3,(H,30,36). The highest BCUT2D eigenvalue weighted by Crippen LogP contribution is 2.29. The molecule has 0 aliphatic carbocycles. The maximum Gasteiger partial charge on any atom is 0.230 e. The molecular weight excluding hydrogens is 452 g/mol. The topological polar surface area (TPSA) is 83.4 Å². The summed E-state index contributed by atoms with van der Waals surface area (Å²) in [7, 11) is 0. The van der Waals surface area contributed by atoms with E-state index < -0.39 is 5.92 Å². The number of rotatable bonds is 5. The first kappa shape index (κ1) is 22.3. The van der Waals surface area contributed by atoms with Gasteiger partial charge in [-0.2, -0.15) is 9.78 Å². The average Bonchev–Trinajstić information content (AvgIpc) is 3.64. The molecule has 4 heterocycles. The molecule has 2 amide bonds. The minimum absolute atomic E-state index is 0.0371. The summed E-state index contributed by atoms with van der Waals surface area (Å²) >= 11 is 0. The number of aryl methyl sites for hydroxylation is 1. The van der Waals surface area contributed by atoms with Crippen LogP contribution in [0.1, 0.15) is 25.0 Å². The van der Waals surface area contributed by atoms with Crippen LogP contribution in [-0.4, -0.2) is 46.2 Å². The van der Waals surface area contributed by atoms with Gasteiger partial charge in [-0.3, -0.25) is 9.59 Å². The second-order valence-electron chi connectivity index (χ2n) is 9.55. The van der Waals surface area contributed by atoms with E-state index in [-0.39, 0.29) is 18.2 Å². The Balaban J connectivity index is 1.18. The summed E-state index contributed by atoms with van der Waals surface area (Å²) in [6.45, 7) is 4.39. The van der Waals surface area contributed by atoms with E-state index in [0.717, 1.165) is 35.4 Å². The van der Waals surface area contributed by atoms with E-state index in [2.05, 4.69) is 27.4 Å². The fourth-order valence-corrected chi connectivity index (χ4v) is 5.12. The fourth-order valence-electron chi connectivity index (χ4n) is 5.12. The van der Waals surface area contributed by atoms with Crippen molar-refractivity contribution in [2.24, 2.45) is 5.92 Å². The zero-order chi connectivity index (χ0) is 24.6. The lowest BCUT2D eigenvalue weighted by Crippen LogP contribution is -2.28. The van der Waals surface area contributed by atoms with Crippen molar-refractivity contribution in [1.29, 1.82) is 0 Å². The second-order valence-corrected chi connectivity index (χ2v) is 9.55. The summed E-state index contributed by atoms with van der Waals surface area (Å²) in [5.41, 5.74) is 3.64. The first-order chi connectivity index (χ1) is 17.5. The monoisotopic (exact) mass is 480 g/mol. The van der Waals surface area contributed by atoms with Crippen molar-refractivity contribution in [2.75, 3.05) is 34.8 Å². The third kappa shape index (κ3) is 4.19. The van der Waals surface area contributed by atoms with Crippen molar-refractivity contribution in [3.63, 3.8) is 0 Å². The van der Waals surface area contributed by atoms with Gasteiger partial charge in [0.05, 0.1) is 17.1 Å². The maximum atomic E-state index is 13.2. The van der Waals surface area contributed by atoms with Crippen LogP contribution >= 0.6 is 0 Å². The smallest absolute Gasteiger partial charge is 0.230 e. The van der Waals surface area contributed by atoms with Crippen LogP contribution in [0.25, 0.3) is 16.7 Å². The number of benzene rings is 2. The Morgan fingerprint density at radius 3 is 2.53 bits per heavy atom. The molecule has 1 atom stereocenters. The van der Waals surface area contributed by atoms with Gasteiger partial charge in [0, 0.05) is 48.9 Å². The van der Waals surface area contributed by atoms with Crippen LogP contribution < -0.4 is 15.1 Å². The van der Waals surface area contributed by atoms with Gasteiger partial charge in [-0.15, -0.1) is 0 Å². The van der Waals surface area contributed by atoms with E-state index in [9.17, 15) is 9.59 Å². The minimum Gasteiger partial charge on any atom is -0.372 e. The van der Waals surface area contributed by atoms with Crippen molar-refractivity contribution in [3.8, 4) is 5.82 Å². The number of carbonyl (C=O) groups excluding carboxylic acids is 2. The number of pyridine rings is 1. The number of hydrogen-bond donors (Lipinski definition) is 1. The lowest BCUT2D eigenvalue weighted by Gasteiger charge is -2.20. The quantitative estimate of drug-likeness (QED) is 0.460. The molecule has 8 heteroatoms. The van der Waals surface area contributed by atoms with Gasteiger partial charge in [-0.25, -0.2) is 4.98 Å². The Hall–Kier alpha value is -4.20. The third-order valence-corrected chi connectivity index (χ3v) is 7.01. The second kappa shape index (κ2) is 9.11. The first-order valence-electron chi connectivity index (χ1n) is 12.4. The van der Waals surface area contributed by atoms with Gasteiger partial charge in [0.25, 0.3) is 0 Å². The zero-order valence-electron chi connectivity index (χ0n) is 20.2. The number of fused-ring (bicyclic) bond motifs is 1. The number of anilines is 3. The van der Waals surface area contributed by atoms with Crippen molar-refractivity contribution in [2.45, 2.75) is 26.2 Å². The Morgan fingerprint density at radius 1 is 0.972 bits per heavy atom. The normalized spacial score (nSPS) is 17.8. The Bertz CT molecular complexity index is 1440. The van der Waals surface area contributed by atoms with Gasteiger partial charge < -0.3 is 15.1 Å². The lowest BCUT2D eigenvalue weighted by molar-refractivity contribution is -0.122.